The van der Waals surface area contributed by atoms with E-state index in [1.807, 2.05) is 6.07 Å². The zero-order valence-electron chi connectivity index (χ0n) is 14.0. The molecule has 0 heterocycles. The van der Waals surface area contributed by atoms with Crippen LogP contribution in [0.15, 0.2) is 30.3 Å². The highest BCUT2D eigenvalue weighted by atomic mass is 16.5. The fraction of sp³-hybridized carbons (Fsp3) is 0.684. The maximum absolute atomic E-state index is 11.5. The van der Waals surface area contributed by atoms with Crippen molar-refractivity contribution in [2.75, 3.05) is 0 Å². The van der Waals surface area contributed by atoms with Crippen molar-refractivity contribution in [2.24, 2.45) is 5.41 Å². The van der Waals surface area contributed by atoms with Gasteiger partial charge in [-0.25, -0.2) is 0 Å². The van der Waals surface area contributed by atoms with E-state index in [-0.39, 0.29) is 6.42 Å². The van der Waals surface area contributed by atoms with Gasteiger partial charge in [-0.1, -0.05) is 49.6 Å². The summed E-state index contributed by atoms with van der Waals surface area (Å²) < 4.78 is 0. The zero-order valence-corrected chi connectivity index (χ0v) is 14.0. The zero-order chi connectivity index (χ0) is 18.1. The molecule has 25 heavy (non-hydrogen) atoms. The Hall–Kier alpha value is -1.02. The number of fused-ring (bicyclic) bond motifs is 3. The maximum Gasteiger partial charge on any atom is 0.137 e. The van der Waals surface area contributed by atoms with Crippen LogP contribution >= 0.6 is 0 Å². The molecule has 3 saturated carbocycles. The quantitative estimate of drug-likeness (QED) is 0.427. The van der Waals surface area contributed by atoms with Gasteiger partial charge < -0.3 is 30.6 Å². The molecular weight excluding hydrogens is 324 g/mol. The van der Waals surface area contributed by atoms with Gasteiger partial charge >= 0.3 is 0 Å². The fourth-order valence-electron chi connectivity index (χ4n) is 5.88. The van der Waals surface area contributed by atoms with Crippen molar-refractivity contribution in [2.45, 2.75) is 73.6 Å². The highest BCUT2D eigenvalue weighted by Crippen LogP contribution is 2.78. The lowest BCUT2D eigenvalue weighted by molar-refractivity contribution is -0.268. The summed E-state index contributed by atoms with van der Waals surface area (Å²) >= 11 is 0. The lowest BCUT2D eigenvalue weighted by atomic mass is 9.70. The Morgan fingerprint density at radius 1 is 0.840 bits per heavy atom. The molecule has 0 aromatic heterocycles. The standard InChI is InChI=1S/C19H26O6/c20-13-14(21)17(23,11-12-7-3-1-4-8-12)19(25)16(9-5-2-6-10-16)18(19,24)15(13)22/h1,3-4,7-8,13-15,20-25H,2,5-6,9-11H2/t13-,14-,15+,17+,18+,19+/m1/s1. The summed E-state index contributed by atoms with van der Waals surface area (Å²) in [6, 6.07) is 8.87. The molecule has 4 rings (SSSR count). The predicted molar refractivity (Wildman–Crippen MR) is 88.5 cm³/mol. The molecule has 0 aliphatic heterocycles. The van der Waals surface area contributed by atoms with Crippen molar-refractivity contribution in [3.8, 4) is 0 Å². The van der Waals surface area contributed by atoms with E-state index < -0.39 is 40.5 Å². The van der Waals surface area contributed by atoms with Gasteiger partial charge in [0.1, 0.15) is 35.1 Å². The van der Waals surface area contributed by atoms with Gasteiger partial charge in [-0.05, 0) is 18.4 Å². The third-order valence-electron chi connectivity index (χ3n) is 7.13. The summed E-state index contributed by atoms with van der Waals surface area (Å²) in [5.41, 5.74) is -6.69. The highest BCUT2D eigenvalue weighted by molar-refractivity contribution is 5.48. The molecular formula is C19H26O6. The van der Waals surface area contributed by atoms with Crippen molar-refractivity contribution in [1.29, 1.82) is 0 Å². The average Bonchev–Trinajstić information content (AvgIpc) is 3.05. The molecule has 1 aromatic carbocycles. The Bertz CT molecular complexity index is 653. The molecule has 3 aliphatic carbocycles. The molecule has 0 amide bonds. The van der Waals surface area contributed by atoms with Crippen LogP contribution in [0.4, 0.5) is 0 Å². The van der Waals surface area contributed by atoms with E-state index in [9.17, 15) is 30.6 Å². The minimum atomic E-state index is -2.15. The van der Waals surface area contributed by atoms with Crippen LogP contribution in [-0.4, -0.2) is 65.8 Å². The van der Waals surface area contributed by atoms with Gasteiger partial charge in [-0.3, -0.25) is 0 Å². The maximum atomic E-state index is 11.5. The second-order valence-electron chi connectivity index (χ2n) is 8.09. The fourth-order valence-corrected chi connectivity index (χ4v) is 5.88. The Morgan fingerprint density at radius 3 is 2.04 bits per heavy atom. The Labute approximate surface area is 146 Å². The predicted octanol–water partition coefficient (Wildman–Crippen LogP) is -0.517. The molecule has 138 valence electrons. The molecule has 6 N–H and O–H groups in total. The summed E-state index contributed by atoms with van der Waals surface area (Å²) in [6.07, 6.45) is -2.00. The van der Waals surface area contributed by atoms with E-state index in [1.165, 1.54) is 0 Å². The normalized spacial score (nSPS) is 48.2. The lowest BCUT2D eigenvalue weighted by Gasteiger charge is -2.47. The molecule has 3 fully saturated rings. The molecule has 6 atom stereocenters. The van der Waals surface area contributed by atoms with Gasteiger partial charge in [0.15, 0.2) is 0 Å². The first-order valence-electron chi connectivity index (χ1n) is 9.01. The van der Waals surface area contributed by atoms with Gasteiger partial charge in [0.2, 0.25) is 0 Å². The number of benzene rings is 1. The van der Waals surface area contributed by atoms with Gasteiger partial charge in [0, 0.05) is 11.8 Å². The summed E-state index contributed by atoms with van der Waals surface area (Å²) in [5, 5.41) is 65.5. The van der Waals surface area contributed by atoms with Crippen LogP contribution in [0.1, 0.15) is 37.7 Å². The first-order chi connectivity index (χ1) is 11.8. The summed E-state index contributed by atoms with van der Waals surface area (Å²) in [5.74, 6) is 0. The van der Waals surface area contributed by atoms with E-state index in [2.05, 4.69) is 0 Å². The van der Waals surface area contributed by atoms with Crippen LogP contribution < -0.4 is 0 Å². The average molecular weight is 350 g/mol. The Morgan fingerprint density at radius 2 is 1.44 bits per heavy atom. The molecule has 0 unspecified atom stereocenters. The molecule has 1 aromatic rings. The molecule has 0 saturated heterocycles. The number of rotatable bonds is 2. The number of hydrogen-bond acceptors (Lipinski definition) is 6. The molecule has 6 nitrogen and oxygen atoms in total. The number of hydrogen-bond donors (Lipinski definition) is 6. The second kappa shape index (κ2) is 5.25. The monoisotopic (exact) mass is 350 g/mol. The van der Waals surface area contributed by atoms with E-state index in [0.29, 0.717) is 18.4 Å². The third kappa shape index (κ3) is 1.75. The SMILES string of the molecule is O[C@@H]1[C@@H](O)[C@@](O)(Cc2ccccc2)[C@@]2(O)C3(CCCCC3)[C@@]2(O)[C@H]1O. The molecule has 6 heteroatoms. The Kier molecular flexibility index (Phi) is 3.65. The number of aliphatic hydroxyl groups excluding tert-OH is 3. The lowest BCUT2D eigenvalue weighted by Crippen LogP contribution is -2.71. The van der Waals surface area contributed by atoms with Crippen molar-refractivity contribution in [3.05, 3.63) is 35.9 Å². The van der Waals surface area contributed by atoms with Gasteiger partial charge in [-0.2, -0.15) is 0 Å². The number of aliphatic hydroxyl groups is 6. The highest BCUT2D eigenvalue weighted by Gasteiger charge is 2.97. The van der Waals surface area contributed by atoms with Crippen LogP contribution in [0, 0.1) is 5.41 Å². The van der Waals surface area contributed by atoms with Gasteiger partial charge in [0.25, 0.3) is 0 Å². The Balaban J connectivity index is 1.83. The first kappa shape index (κ1) is 17.4. The molecule has 0 bridgehead atoms. The van der Waals surface area contributed by atoms with E-state index in [4.69, 9.17) is 0 Å². The smallest absolute Gasteiger partial charge is 0.137 e. The third-order valence-corrected chi connectivity index (χ3v) is 7.13. The summed E-state index contributed by atoms with van der Waals surface area (Å²) in [4.78, 5) is 0. The molecule has 1 spiro atoms. The molecule has 3 aliphatic rings. The van der Waals surface area contributed by atoms with E-state index in [1.54, 1.807) is 24.3 Å². The minimum Gasteiger partial charge on any atom is -0.387 e. The summed E-state index contributed by atoms with van der Waals surface area (Å²) in [6.45, 7) is 0. The minimum absolute atomic E-state index is 0.126. The second-order valence-corrected chi connectivity index (χ2v) is 8.09. The van der Waals surface area contributed by atoms with Crippen molar-refractivity contribution in [3.63, 3.8) is 0 Å². The van der Waals surface area contributed by atoms with E-state index >= 15 is 0 Å². The summed E-state index contributed by atoms with van der Waals surface area (Å²) in [7, 11) is 0. The van der Waals surface area contributed by atoms with Crippen LogP contribution in [0.3, 0.4) is 0 Å². The van der Waals surface area contributed by atoms with Gasteiger partial charge in [-0.15, -0.1) is 0 Å². The molecule has 0 radical (unpaired) electrons. The van der Waals surface area contributed by atoms with Crippen molar-refractivity contribution >= 4 is 0 Å². The largest absolute Gasteiger partial charge is 0.387 e. The van der Waals surface area contributed by atoms with Crippen LogP contribution in [0.2, 0.25) is 0 Å². The van der Waals surface area contributed by atoms with E-state index in [0.717, 1.165) is 19.3 Å². The van der Waals surface area contributed by atoms with Crippen molar-refractivity contribution in [1.82, 2.24) is 0 Å². The van der Waals surface area contributed by atoms with Crippen LogP contribution in [-0.2, 0) is 6.42 Å². The topological polar surface area (TPSA) is 121 Å². The van der Waals surface area contributed by atoms with Crippen LogP contribution in [0.25, 0.3) is 0 Å². The van der Waals surface area contributed by atoms with Gasteiger partial charge in [0.05, 0.1) is 0 Å². The first-order valence-corrected chi connectivity index (χ1v) is 9.01. The van der Waals surface area contributed by atoms with Crippen LogP contribution in [0.5, 0.6) is 0 Å². The van der Waals surface area contributed by atoms with Crippen molar-refractivity contribution < 1.29 is 30.6 Å².